The zero-order valence-electron chi connectivity index (χ0n) is 6.40. The van der Waals surface area contributed by atoms with E-state index in [4.69, 9.17) is 0 Å². The number of nitrogens with one attached hydrogen (secondary N) is 1. The summed E-state index contributed by atoms with van der Waals surface area (Å²) in [6, 6.07) is 0. The summed E-state index contributed by atoms with van der Waals surface area (Å²) in [5, 5.41) is 2.75. The summed E-state index contributed by atoms with van der Waals surface area (Å²) >= 11 is 0. The normalized spacial score (nSPS) is 7.00. The van der Waals surface area contributed by atoms with E-state index >= 15 is 0 Å². The van der Waals surface area contributed by atoms with Crippen molar-refractivity contribution >= 4 is 6.29 Å². The van der Waals surface area contributed by atoms with Gasteiger partial charge in [-0.05, 0) is 21.0 Å². The second kappa shape index (κ2) is 10.4. The molecule has 9 heavy (non-hydrogen) atoms. The summed E-state index contributed by atoms with van der Waals surface area (Å²) in [5.74, 6) is 0. The van der Waals surface area contributed by atoms with Gasteiger partial charge in [0.25, 0.3) is 0 Å². The Bertz CT molecular complexity index is 79.0. The summed E-state index contributed by atoms with van der Waals surface area (Å²) in [7, 11) is 3.75. The fourth-order valence-corrected chi connectivity index (χ4v) is 0.142. The molecule has 0 aliphatic carbocycles. The molecule has 54 valence electrons. The highest BCUT2D eigenvalue weighted by atomic mass is 16.1. The van der Waals surface area contributed by atoms with E-state index in [2.05, 4.69) is 11.9 Å². The molecule has 0 amide bonds. The molecule has 0 aliphatic heterocycles. The summed E-state index contributed by atoms with van der Waals surface area (Å²) in [6.45, 7) is 5.34. The molecular weight excluding hydrogens is 114 g/mol. The van der Waals surface area contributed by atoms with E-state index in [9.17, 15) is 4.79 Å². The predicted octanol–water partition coefficient (Wildman–Crippen LogP) is 0.987. The summed E-state index contributed by atoms with van der Waals surface area (Å²) in [4.78, 5) is 9.55. The summed E-state index contributed by atoms with van der Waals surface area (Å²) < 4.78 is 0. The van der Waals surface area contributed by atoms with Crippen molar-refractivity contribution in [1.82, 2.24) is 5.32 Å². The van der Waals surface area contributed by atoms with Gasteiger partial charge < -0.3 is 10.1 Å². The lowest BCUT2D eigenvalue weighted by molar-refractivity contribution is -0.107. The van der Waals surface area contributed by atoms with Crippen molar-refractivity contribution < 1.29 is 4.79 Å². The van der Waals surface area contributed by atoms with Crippen LogP contribution < -0.4 is 5.32 Å². The van der Waals surface area contributed by atoms with Crippen molar-refractivity contribution in [1.29, 1.82) is 0 Å². The Balaban J connectivity index is 0. The SMILES string of the molecule is C=C(C)CC=O.CNC. The third-order valence-electron chi connectivity index (χ3n) is 0.432. The first-order valence-electron chi connectivity index (χ1n) is 2.85. The van der Waals surface area contributed by atoms with Crippen LogP contribution in [0.5, 0.6) is 0 Å². The van der Waals surface area contributed by atoms with Crippen molar-refractivity contribution in [3.8, 4) is 0 Å². The number of hydrogen-bond acceptors (Lipinski definition) is 2. The Morgan fingerprint density at radius 3 is 2.00 bits per heavy atom. The molecule has 0 radical (unpaired) electrons. The van der Waals surface area contributed by atoms with Crippen LogP contribution in [0, 0.1) is 0 Å². The number of aldehydes is 1. The van der Waals surface area contributed by atoms with Crippen LogP contribution in [0.1, 0.15) is 13.3 Å². The van der Waals surface area contributed by atoms with Crippen LogP contribution in [0.25, 0.3) is 0 Å². The molecule has 0 heterocycles. The smallest absolute Gasteiger partial charge is 0.124 e. The van der Waals surface area contributed by atoms with Crippen LogP contribution >= 0.6 is 0 Å². The zero-order valence-corrected chi connectivity index (χ0v) is 6.40. The molecule has 1 N–H and O–H groups in total. The molecule has 2 heteroatoms. The fraction of sp³-hybridized carbons (Fsp3) is 0.571. The number of carbonyl (C=O) groups excluding carboxylic acids is 1. The van der Waals surface area contributed by atoms with Crippen LogP contribution in [0.15, 0.2) is 12.2 Å². The Morgan fingerprint density at radius 1 is 1.67 bits per heavy atom. The molecular formula is C7H15NO. The highest BCUT2D eigenvalue weighted by molar-refractivity contribution is 5.53. The average Bonchev–Trinajstić information content (AvgIpc) is 1.67. The van der Waals surface area contributed by atoms with Crippen LogP contribution in [-0.2, 0) is 4.79 Å². The van der Waals surface area contributed by atoms with Crippen molar-refractivity contribution in [2.75, 3.05) is 14.1 Å². The van der Waals surface area contributed by atoms with Crippen LogP contribution in [0.4, 0.5) is 0 Å². The maximum absolute atomic E-state index is 9.55. The van der Waals surface area contributed by atoms with Crippen LogP contribution in [-0.4, -0.2) is 20.4 Å². The number of hydrogen-bond donors (Lipinski definition) is 1. The van der Waals surface area contributed by atoms with Gasteiger partial charge in [-0.3, -0.25) is 0 Å². The maximum Gasteiger partial charge on any atom is 0.124 e. The molecule has 0 bridgehead atoms. The summed E-state index contributed by atoms with van der Waals surface area (Å²) in [6.07, 6.45) is 1.35. The fourth-order valence-electron chi connectivity index (χ4n) is 0.142. The van der Waals surface area contributed by atoms with E-state index < -0.39 is 0 Å². The first-order chi connectivity index (χ1) is 4.18. The topological polar surface area (TPSA) is 29.1 Å². The van der Waals surface area contributed by atoms with Gasteiger partial charge in [-0.1, -0.05) is 12.2 Å². The van der Waals surface area contributed by atoms with E-state index in [0.717, 1.165) is 11.9 Å². The molecule has 0 aliphatic rings. The molecule has 0 aromatic carbocycles. The molecule has 0 aromatic rings. The zero-order chi connectivity index (χ0) is 7.70. The molecule has 0 saturated carbocycles. The minimum Gasteiger partial charge on any atom is -0.323 e. The van der Waals surface area contributed by atoms with Crippen molar-refractivity contribution in [3.63, 3.8) is 0 Å². The van der Waals surface area contributed by atoms with Crippen molar-refractivity contribution in [3.05, 3.63) is 12.2 Å². The van der Waals surface area contributed by atoms with Gasteiger partial charge in [0.05, 0.1) is 0 Å². The molecule has 0 unspecified atom stereocenters. The van der Waals surface area contributed by atoms with Gasteiger partial charge in [0, 0.05) is 6.42 Å². The lowest BCUT2D eigenvalue weighted by atomic mass is 10.3. The van der Waals surface area contributed by atoms with Crippen molar-refractivity contribution in [2.45, 2.75) is 13.3 Å². The van der Waals surface area contributed by atoms with Gasteiger partial charge in [-0.15, -0.1) is 0 Å². The number of carbonyl (C=O) groups is 1. The highest BCUT2D eigenvalue weighted by Crippen LogP contribution is 1.87. The first-order valence-corrected chi connectivity index (χ1v) is 2.85. The Kier molecular flexibility index (Phi) is 12.9. The minimum absolute atomic E-state index is 0.500. The Hall–Kier alpha value is -0.630. The van der Waals surface area contributed by atoms with Gasteiger partial charge in [-0.25, -0.2) is 0 Å². The van der Waals surface area contributed by atoms with E-state index in [-0.39, 0.29) is 0 Å². The van der Waals surface area contributed by atoms with Gasteiger partial charge in [0.2, 0.25) is 0 Å². The standard InChI is InChI=1S/C5H8O.C2H7N/c1-5(2)3-4-6;1-3-2/h4H,1,3H2,2H3;3H,1-2H3. The predicted molar refractivity (Wildman–Crippen MR) is 40.5 cm³/mol. The third-order valence-corrected chi connectivity index (χ3v) is 0.432. The van der Waals surface area contributed by atoms with E-state index in [1.54, 1.807) is 0 Å². The van der Waals surface area contributed by atoms with E-state index in [1.807, 2.05) is 21.0 Å². The van der Waals surface area contributed by atoms with Gasteiger partial charge in [-0.2, -0.15) is 0 Å². The van der Waals surface area contributed by atoms with E-state index in [1.165, 1.54) is 0 Å². The molecule has 0 aromatic heterocycles. The van der Waals surface area contributed by atoms with Crippen LogP contribution in [0.3, 0.4) is 0 Å². The highest BCUT2D eigenvalue weighted by Gasteiger charge is 1.75. The summed E-state index contributed by atoms with van der Waals surface area (Å²) in [5.41, 5.74) is 0.921. The molecule has 0 fully saturated rings. The quantitative estimate of drug-likeness (QED) is 0.445. The van der Waals surface area contributed by atoms with E-state index in [0.29, 0.717) is 6.42 Å². The molecule has 0 spiro atoms. The van der Waals surface area contributed by atoms with Crippen LogP contribution in [0.2, 0.25) is 0 Å². The maximum atomic E-state index is 9.55. The van der Waals surface area contributed by atoms with Gasteiger partial charge in [0.1, 0.15) is 6.29 Å². The van der Waals surface area contributed by atoms with Gasteiger partial charge >= 0.3 is 0 Å². The molecule has 0 rings (SSSR count). The second-order valence-electron chi connectivity index (χ2n) is 1.83. The third kappa shape index (κ3) is 37.8. The molecule has 0 atom stereocenters. The number of rotatable bonds is 2. The van der Waals surface area contributed by atoms with Crippen molar-refractivity contribution in [2.24, 2.45) is 0 Å². The van der Waals surface area contributed by atoms with Gasteiger partial charge in [0.15, 0.2) is 0 Å². The lowest BCUT2D eigenvalue weighted by Gasteiger charge is -1.79. The Labute approximate surface area is 57.0 Å². The monoisotopic (exact) mass is 129 g/mol. The molecule has 0 saturated heterocycles. The average molecular weight is 129 g/mol. The Morgan fingerprint density at radius 2 is 2.00 bits per heavy atom. The molecule has 2 nitrogen and oxygen atoms in total. The number of allylic oxidation sites excluding steroid dienone is 1. The minimum atomic E-state index is 0.500. The second-order valence-corrected chi connectivity index (χ2v) is 1.83. The first kappa shape index (κ1) is 11.2. The lowest BCUT2D eigenvalue weighted by Crippen LogP contribution is -1.89. The largest absolute Gasteiger partial charge is 0.323 e.